The summed E-state index contributed by atoms with van der Waals surface area (Å²) in [5.74, 6) is 0.908. The van der Waals surface area contributed by atoms with Crippen molar-refractivity contribution in [2.24, 2.45) is 0 Å². The first kappa shape index (κ1) is 15.7. The normalized spacial score (nSPS) is 21.7. The second-order valence-corrected chi connectivity index (χ2v) is 7.79. The molecule has 1 atom stereocenters. The van der Waals surface area contributed by atoms with Crippen LogP contribution >= 0.6 is 11.5 Å². The number of aromatic amines is 1. The summed E-state index contributed by atoms with van der Waals surface area (Å²) in [5, 5.41) is 16.8. The lowest BCUT2D eigenvalue weighted by atomic mass is 9.97. The Labute approximate surface area is 154 Å². The molecule has 5 rings (SSSR count). The molecule has 0 amide bonds. The Morgan fingerprint density at radius 1 is 1.46 bits per heavy atom. The maximum absolute atomic E-state index is 9.78. The highest BCUT2D eigenvalue weighted by atomic mass is 32.1. The van der Waals surface area contributed by atoms with Crippen LogP contribution in [0.15, 0.2) is 18.3 Å². The van der Waals surface area contributed by atoms with Crippen LogP contribution in [0.4, 0.5) is 5.82 Å². The zero-order chi connectivity index (χ0) is 17.7. The van der Waals surface area contributed by atoms with Crippen LogP contribution in [0.2, 0.25) is 0 Å². The highest BCUT2D eigenvalue weighted by Gasteiger charge is 2.47. The number of morpholine rings is 1. The van der Waals surface area contributed by atoms with Crippen molar-refractivity contribution in [3.05, 3.63) is 23.9 Å². The van der Waals surface area contributed by atoms with Crippen LogP contribution < -0.4 is 4.90 Å². The Bertz CT molecular complexity index is 1000. The first-order chi connectivity index (χ1) is 12.7. The largest absolute Gasteiger partial charge is 0.377 e. The van der Waals surface area contributed by atoms with Crippen LogP contribution in [0.5, 0.6) is 0 Å². The molecule has 0 radical (unpaired) electrons. The van der Waals surface area contributed by atoms with E-state index in [2.05, 4.69) is 38.5 Å². The van der Waals surface area contributed by atoms with E-state index in [-0.39, 0.29) is 11.5 Å². The standard InChI is InChI=1S/C18H18N6OS/c1-11-9-25-7-6-24(11)14-8-12(18(10-19)3-4-18)17-16(21-14)15(23-26-17)13-2-5-20-22-13/h2,5,8,11H,3-4,6-7,9H2,1H3,(H,20,22). The molecule has 2 fully saturated rings. The molecule has 2 aliphatic rings. The van der Waals surface area contributed by atoms with E-state index in [1.807, 2.05) is 6.07 Å². The topological polar surface area (TPSA) is 90.7 Å². The Hall–Kier alpha value is -2.50. The molecule has 1 aliphatic carbocycles. The van der Waals surface area contributed by atoms with Gasteiger partial charge < -0.3 is 9.64 Å². The van der Waals surface area contributed by atoms with Crippen molar-refractivity contribution in [1.29, 1.82) is 5.26 Å². The summed E-state index contributed by atoms with van der Waals surface area (Å²) in [7, 11) is 0. The van der Waals surface area contributed by atoms with Crippen LogP contribution in [0.1, 0.15) is 25.3 Å². The van der Waals surface area contributed by atoms with E-state index in [0.29, 0.717) is 13.2 Å². The van der Waals surface area contributed by atoms with E-state index in [0.717, 1.165) is 52.4 Å². The predicted molar refractivity (Wildman–Crippen MR) is 99.1 cm³/mol. The van der Waals surface area contributed by atoms with Crippen molar-refractivity contribution in [3.8, 4) is 17.5 Å². The van der Waals surface area contributed by atoms with Crippen LogP contribution in [-0.2, 0) is 10.2 Å². The summed E-state index contributed by atoms with van der Waals surface area (Å²) in [4.78, 5) is 7.23. The third-order valence-corrected chi connectivity index (χ3v) is 6.18. The van der Waals surface area contributed by atoms with Gasteiger partial charge >= 0.3 is 0 Å². The Morgan fingerprint density at radius 2 is 2.35 bits per heavy atom. The van der Waals surface area contributed by atoms with Gasteiger partial charge in [0.25, 0.3) is 0 Å². The number of nitrogens with one attached hydrogen (secondary N) is 1. The molecule has 1 saturated heterocycles. The van der Waals surface area contributed by atoms with Crippen molar-refractivity contribution < 1.29 is 4.74 Å². The van der Waals surface area contributed by atoms with Gasteiger partial charge in [-0.1, -0.05) is 0 Å². The number of H-pyrrole nitrogens is 1. The van der Waals surface area contributed by atoms with Gasteiger partial charge in [0.2, 0.25) is 0 Å². The van der Waals surface area contributed by atoms with Gasteiger partial charge in [0.15, 0.2) is 0 Å². The van der Waals surface area contributed by atoms with Gasteiger partial charge in [0.1, 0.15) is 17.0 Å². The van der Waals surface area contributed by atoms with E-state index in [1.54, 1.807) is 6.20 Å². The molecule has 1 N–H and O–H groups in total. The molecule has 3 aromatic heterocycles. The molecular weight excluding hydrogens is 348 g/mol. The summed E-state index contributed by atoms with van der Waals surface area (Å²) < 4.78 is 11.2. The third kappa shape index (κ3) is 2.31. The van der Waals surface area contributed by atoms with Crippen molar-refractivity contribution in [2.75, 3.05) is 24.7 Å². The molecule has 132 valence electrons. The Kier molecular flexibility index (Phi) is 3.48. The minimum Gasteiger partial charge on any atom is -0.377 e. The number of ether oxygens (including phenoxy) is 1. The monoisotopic (exact) mass is 366 g/mol. The molecule has 4 heterocycles. The van der Waals surface area contributed by atoms with Crippen LogP contribution in [-0.4, -0.2) is 45.4 Å². The van der Waals surface area contributed by atoms with Crippen molar-refractivity contribution in [1.82, 2.24) is 19.6 Å². The molecule has 26 heavy (non-hydrogen) atoms. The Balaban J connectivity index is 1.73. The van der Waals surface area contributed by atoms with Gasteiger partial charge in [0, 0.05) is 12.7 Å². The molecule has 0 bridgehead atoms. The summed E-state index contributed by atoms with van der Waals surface area (Å²) in [6, 6.07) is 6.79. The second-order valence-electron chi connectivity index (χ2n) is 7.02. The highest BCUT2D eigenvalue weighted by molar-refractivity contribution is 7.13. The number of aromatic nitrogens is 4. The zero-order valence-electron chi connectivity index (χ0n) is 14.4. The lowest BCUT2D eigenvalue weighted by Crippen LogP contribution is -2.44. The fraction of sp³-hybridized carbons (Fsp3) is 0.444. The molecule has 3 aromatic rings. The number of rotatable bonds is 3. The lowest BCUT2D eigenvalue weighted by Gasteiger charge is -2.34. The van der Waals surface area contributed by atoms with E-state index in [1.165, 1.54) is 11.5 Å². The lowest BCUT2D eigenvalue weighted by molar-refractivity contribution is 0.0985. The van der Waals surface area contributed by atoms with Crippen LogP contribution in [0.25, 0.3) is 21.6 Å². The first-order valence-corrected chi connectivity index (χ1v) is 9.55. The van der Waals surface area contributed by atoms with Gasteiger partial charge in [0.05, 0.1) is 41.1 Å². The van der Waals surface area contributed by atoms with E-state index in [4.69, 9.17) is 9.72 Å². The van der Waals surface area contributed by atoms with E-state index in [9.17, 15) is 5.26 Å². The van der Waals surface area contributed by atoms with Crippen molar-refractivity contribution >= 4 is 27.6 Å². The fourth-order valence-electron chi connectivity index (χ4n) is 3.61. The van der Waals surface area contributed by atoms with Crippen molar-refractivity contribution in [2.45, 2.75) is 31.2 Å². The van der Waals surface area contributed by atoms with E-state index >= 15 is 0 Å². The number of anilines is 1. The number of pyridine rings is 1. The van der Waals surface area contributed by atoms with E-state index < -0.39 is 0 Å². The van der Waals surface area contributed by atoms with Gasteiger partial charge in [-0.25, -0.2) is 4.98 Å². The quantitative estimate of drug-likeness (QED) is 0.766. The maximum atomic E-state index is 9.78. The number of nitrogens with zero attached hydrogens (tertiary/aromatic N) is 5. The molecule has 1 saturated carbocycles. The predicted octanol–water partition coefficient (Wildman–Crippen LogP) is 2.86. The summed E-state index contributed by atoms with van der Waals surface area (Å²) in [5.41, 5.74) is 3.20. The van der Waals surface area contributed by atoms with Gasteiger partial charge in [-0.3, -0.25) is 5.10 Å². The molecular formula is C18H18N6OS. The minimum atomic E-state index is -0.386. The highest BCUT2D eigenvalue weighted by Crippen LogP contribution is 2.51. The average molecular weight is 366 g/mol. The number of hydrogen-bond donors (Lipinski definition) is 1. The summed E-state index contributed by atoms with van der Waals surface area (Å²) in [6.45, 7) is 4.32. The van der Waals surface area contributed by atoms with Crippen LogP contribution in [0.3, 0.4) is 0 Å². The minimum absolute atomic E-state index is 0.251. The Morgan fingerprint density at radius 3 is 3.04 bits per heavy atom. The van der Waals surface area contributed by atoms with Gasteiger partial charge in [-0.15, -0.1) is 0 Å². The average Bonchev–Trinajstić information content (AvgIpc) is 3.06. The molecule has 8 heteroatoms. The number of nitriles is 1. The molecule has 0 aromatic carbocycles. The maximum Gasteiger partial charge on any atom is 0.130 e. The number of fused-ring (bicyclic) bond motifs is 1. The SMILES string of the molecule is CC1COCCN1c1cc(C2(C#N)CC2)c2snc(-c3ccn[nH]3)c2n1. The van der Waals surface area contributed by atoms with Crippen molar-refractivity contribution in [3.63, 3.8) is 0 Å². The van der Waals surface area contributed by atoms with Gasteiger partial charge in [-0.05, 0) is 49.0 Å². The smallest absolute Gasteiger partial charge is 0.130 e. The summed E-state index contributed by atoms with van der Waals surface area (Å²) >= 11 is 1.42. The van der Waals surface area contributed by atoms with Gasteiger partial charge in [-0.2, -0.15) is 14.7 Å². The zero-order valence-corrected chi connectivity index (χ0v) is 15.2. The third-order valence-electron chi connectivity index (χ3n) is 5.31. The molecule has 0 spiro atoms. The van der Waals surface area contributed by atoms with Crippen LogP contribution in [0, 0.1) is 11.3 Å². The molecule has 1 unspecified atom stereocenters. The molecule has 1 aliphatic heterocycles. The second kappa shape index (κ2) is 5.76. The first-order valence-electron chi connectivity index (χ1n) is 8.78. The summed E-state index contributed by atoms with van der Waals surface area (Å²) in [6.07, 6.45) is 3.52. The number of hydrogen-bond acceptors (Lipinski definition) is 7. The molecule has 7 nitrogen and oxygen atoms in total. The fourth-order valence-corrected chi connectivity index (χ4v) is 4.56.